The van der Waals surface area contributed by atoms with Crippen LogP contribution in [0.5, 0.6) is 11.5 Å². The van der Waals surface area contributed by atoms with Crippen LogP contribution in [0.15, 0.2) is 35.4 Å². The molecule has 2 fully saturated rings. The van der Waals surface area contributed by atoms with Gasteiger partial charge in [0.25, 0.3) is 5.56 Å². The van der Waals surface area contributed by atoms with Gasteiger partial charge in [-0.15, -0.1) is 0 Å². The number of nitrogens with two attached hydrogens (primary N) is 1. The third-order valence-corrected chi connectivity index (χ3v) is 9.09. The number of pyridine rings is 1. The summed E-state index contributed by atoms with van der Waals surface area (Å²) in [5.74, 6) is 2.71. The largest absolute Gasteiger partial charge is 0.495 e. The Hall–Kier alpha value is -3.54. The number of aromatic nitrogens is 5. The maximum atomic E-state index is 13.6. The molecular formula is C29H34Cl2N8O3. The van der Waals surface area contributed by atoms with Gasteiger partial charge in [-0.3, -0.25) is 14.0 Å². The van der Waals surface area contributed by atoms with Gasteiger partial charge in [0.2, 0.25) is 5.95 Å². The average molecular weight is 614 g/mol. The van der Waals surface area contributed by atoms with Crippen molar-refractivity contribution in [1.82, 2.24) is 24.3 Å². The third-order valence-electron chi connectivity index (χ3n) is 8.34. The molecule has 1 saturated heterocycles. The Balaban J connectivity index is 1.24. The Morgan fingerprint density at radius 2 is 1.81 bits per heavy atom. The van der Waals surface area contributed by atoms with Gasteiger partial charge in [-0.2, -0.15) is 10.1 Å². The minimum absolute atomic E-state index is 0.0967. The predicted octanol–water partition coefficient (Wildman–Crippen LogP) is 4.33. The second-order valence-corrected chi connectivity index (χ2v) is 11.8. The lowest BCUT2D eigenvalue weighted by atomic mass is 10.0. The Labute approximate surface area is 253 Å². The minimum Gasteiger partial charge on any atom is -0.495 e. The van der Waals surface area contributed by atoms with E-state index in [0.717, 1.165) is 18.3 Å². The van der Waals surface area contributed by atoms with Crippen molar-refractivity contribution in [3.8, 4) is 22.6 Å². The summed E-state index contributed by atoms with van der Waals surface area (Å²) in [6, 6.07) is 5.07. The molecule has 42 heavy (non-hydrogen) atoms. The maximum Gasteiger partial charge on any atom is 0.259 e. The standard InChI is InChI=1S/C29H34Cl2N8O3/c1-37-27-17(10-18(28(37)40)24-25(30)21(41-2)11-22(42-3)26(24)31)12-33-29(35-27)34-20-15-38(14-19(20)32)23-8-9-39(36-23)13-16-6-4-5-7-16/h8-12,16,19-20H,4-7,13-15,32H2,1-3H3,(H,33,34,35). The molecule has 1 aromatic carbocycles. The van der Waals surface area contributed by atoms with Gasteiger partial charge in [0.15, 0.2) is 5.82 Å². The van der Waals surface area contributed by atoms with Gasteiger partial charge in [0, 0.05) is 68.2 Å². The molecule has 2 atom stereocenters. The van der Waals surface area contributed by atoms with Gasteiger partial charge in [0.05, 0.1) is 35.9 Å². The molecule has 2 unspecified atom stereocenters. The number of anilines is 2. The van der Waals surface area contributed by atoms with E-state index in [0.29, 0.717) is 47.1 Å². The quantitative estimate of drug-likeness (QED) is 0.299. The van der Waals surface area contributed by atoms with Crippen molar-refractivity contribution < 1.29 is 9.47 Å². The van der Waals surface area contributed by atoms with Crippen LogP contribution in [0.4, 0.5) is 11.8 Å². The number of fused-ring (bicyclic) bond motifs is 1. The lowest BCUT2D eigenvalue weighted by molar-refractivity contribution is 0.395. The fraction of sp³-hybridized carbons (Fsp3) is 0.448. The van der Waals surface area contributed by atoms with Crippen LogP contribution >= 0.6 is 23.2 Å². The van der Waals surface area contributed by atoms with Gasteiger partial charge in [0.1, 0.15) is 17.1 Å². The number of ether oxygens (including phenoxy) is 2. The summed E-state index contributed by atoms with van der Waals surface area (Å²) in [7, 11) is 4.62. The molecule has 1 aliphatic heterocycles. The maximum absolute atomic E-state index is 13.6. The summed E-state index contributed by atoms with van der Waals surface area (Å²) in [4.78, 5) is 24.9. The van der Waals surface area contributed by atoms with Crippen LogP contribution in [-0.4, -0.2) is 63.7 Å². The van der Waals surface area contributed by atoms with E-state index in [1.807, 2.05) is 0 Å². The fourth-order valence-electron chi connectivity index (χ4n) is 6.03. The SMILES string of the molecule is COc1cc(OC)c(Cl)c(-c2cc3cnc(NC4CN(c5ccn(CC6CCCC6)n5)CC4N)nc3n(C)c2=O)c1Cl. The van der Waals surface area contributed by atoms with Crippen molar-refractivity contribution in [3.63, 3.8) is 0 Å². The van der Waals surface area contributed by atoms with Gasteiger partial charge in [-0.1, -0.05) is 36.0 Å². The highest BCUT2D eigenvalue weighted by Gasteiger charge is 2.32. The first-order valence-corrected chi connectivity index (χ1v) is 14.8. The molecule has 4 heterocycles. The van der Waals surface area contributed by atoms with Crippen molar-refractivity contribution in [2.75, 3.05) is 37.5 Å². The zero-order chi connectivity index (χ0) is 29.5. The zero-order valence-electron chi connectivity index (χ0n) is 23.8. The number of benzene rings is 1. The highest BCUT2D eigenvalue weighted by molar-refractivity contribution is 6.41. The topological polar surface area (TPSA) is 125 Å². The first-order chi connectivity index (χ1) is 20.3. The van der Waals surface area contributed by atoms with Crippen LogP contribution in [0.25, 0.3) is 22.2 Å². The van der Waals surface area contributed by atoms with Crippen LogP contribution in [0.2, 0.25) is 10.0 Å². The molecule has 6 rings (SSSR count). The van der Waals surface area contributed by atoms with Crippen LogP contribution in [-0.2, 0) is 13.6 Å². The molecule has 13 heteroatoms. The normalized spacial score (nSPS) is 19.1. The van der Waals surface area contributed by atoms with Crippen molar-refractivity contribution in [2.45, 2.75) is 44.3 Å². The number of halogens is 2. The molecule has 0 spiro atoms. The second-order valence-electron chi connectivity index (χ2n) is 11.0. The third kappa shape index (κ3) is 5.25. The number of methoxy groups -OCH3 is 2. The minimum atomic E-state index is -0.330. The summed E-state index contributed by atoms with van der Waals surface area (Å²) >= 11 is 13.2. The number of hydrogen-bond acceptors (Lipinski definition) is 9. The summed E-state index contributed by atoms with van der Waals surface area (Å²) < 4.78 is 14.3. The van der Waals surface area contributed by atoms with Gasteiger partial charge < -0.3 is 25.4 Å². The average Bonchev–Trinajstić information content (AvgIpc) is 3.75. The zero-order valence-corrected chi connectivity index (χ0v) is 25.3. The number of aryl methyl sites for hydroxylation is 1. The molecule has 3 N–H and O–H groups in total. The summed E-state index contributed by atoms with van der Waals surface area (Å²) in [5.41, 5.74) is 7.25. The molecular weight excluding hydrogens is 579 g/mol. The summed E-state index contributed by atoms with van der Waals surface area (Å²) in [6.07, 6.45) is 8.93. The Morgan fingerprint density at radius 1 is 1.10 bits per heavy atom. The molecule has 1 aliphatic carbocycles. The van der Waals surface area contributed by atoms with E-state index in [4.69, 9.17) is 43.5 Å². The molecule has 0 bridgehead atoms. The predicted molar refractivity (Wildman–Crippen MR) is 165 cm³/mol. The molecule has 0 radical (unpaired) electrons. The molecule has 1 saturated carbocycles. The first-order valence-electron chi connectivity index (χ1n) is 14.0. The van der Waals surface area contributed by atoms with Crippen LogP contribution in [0, 0.1) is 5.92 Å². The van der Waals surface area contributed by atoms with Gasteiger partial charge >= 0.3 is 0 Å². The van der Waals surface area contributed by atoms with E-state index in [2.05, 4.69) is 37.1 Å². The van der Waals surface area contributed by atoms with Crippen molar-refractivity contribution in [3.05, 3.63) is 51.0 Å². The second kappa shape index (κ2) is 11.6. The number of rotatable bonds is 8. The first kappa shape index (κ1) is 28.6. The van der Waals surface area contributed by atoms with Gasteiger partial charge in [-0.25, -0.2) is 4.98 Å². The molecule has 4 aromatic rings. The Bertz CT molecular complexity index is 1660. The summed E-state index contributed by atoms with van der Waals surface area (Å²) in [6.45, 7) is 2.30. The highest BCUT2D eigenvalue weighted by atomic mass is 35.5. The van der Waals surface area contributed by atoms with Crippen molar-refractivity contribution in [2.24, 2.45) is 18.7 Å². The number of nitrogens with zero attached hydrogens (tertiary/aromatic N) is 6. The van der Waals surface area contributed by atoms with E-state index in [1.54, 1.807) is 25.4 Å². The van der Waals surface area contributed by atoms with Crippen LogP contribution in [0.1, 0.15) is 25.7 Å². The molecule has 3 aromatic heterocycles. The van der Waals surface area contributed by atoms with E-state index in [9.17, 15) is 4.79 Å². The number of nitrogens with one attached hydrogen (secondary N) is 1. The lowest BCUT2D eigenvalue weighted by Gasteiger charge is -2.18. The Kier molecular flexibility index (Phi) is 7.91. The highest BCUT2D eigenvalue weighted by Crippen LogP contribution is 2.45. The van der Waals surface area contributed by atoms with Crippen molar-refractivity contribution >= 4 is 46.0 Å². The molecule has 0 amide bonds. The van der Waals surface area contributed by atoms with Crippen LogP contribution in [0.3, 0.4) is 0 Å². The van der Waals surface area contributed by atoms with E-state index >= 15 is 0 Å². The van der Waals surface area contributed by atoms with Gasteiger partial charge in [-0.05, 0) is 24.8 Å². The number of hydrogen-bond donors (Lipinski definition) is 2. The van der Waals surface area contributed by atoms with Crippen molar-refractivity contribution in [1.29, 1.82) is 0 Å². The van der Waals surface area contributed by atoms with E-state index in [1.165, 1.54) is 44.5 Å². The monoisotopic (exact) mass is 612 g/mol. The van der Waals surface area contributed by atoms with E-state index in [-0.39, 0.29) is 33.3 Å². The van der Waals surface area contributed by atoms with E-state index < -0.39 is 0 Å². The molecule has 222 valence electrons. The van der Waals surface area contributed by atoms with Crippen LogP contribution < -0.4 is 31.0 Å². The molecule has 2 aliphatic rings. The summed E-state index contributed by atoms with van der Waals surface area (Å²) in [5, 5.41) is 9.25. The molecule has 11 nitrogen and oxygen atoms in total. The smallest absolute Gasteiger partial charge is 0.259 e. The lowest BCUT2D eigenvalue weighted by Crippen LogP contribution is -2.39. The Morgan fingerprint density at radius 3 is 2.50 bits per heavy atom. The fourth-order valence-corrected chi connectivity index (χ4v) is 6.74.